The molecule has 188 valence electrons. The molecule has 2 saturated heterocycles. The number of nitrogen functional groups attached to an aromatic ring is 1. The summed E-state index contributed by atoms with van der Waals surface area (Å²) in [6, 6.07) is -0.959. The number of thiazole rings is 1. The first-order chi connectivity index (χ1) is 16.7. The molecule has 4 N–H and O–H groups in total. The van der Waals surface area contributed by atoms with Crippen molar-refractivity contribution in [3.05, 3.63) is 22.3 Å². The predicted molar refractivity (Wildman–Crippen MR) is 133 cm³/mol. The van der Waals surface area contributed by atoms with Gasteiger partial charge in [-0.05, 0) is 5.57 Å². The van der Waals surface area contributed by atoms with E-state index in [9.17, 15) is 24.4 Å². The summed E-state index contributed by atoms with van der Waals surface area (Å²) < 4.78 is 10.2. The lowest BCUT2D eigenvalue weighted by Gasteiger charge is -2.50. The Morgan fingerprint density at radius 1 is 1.29 bits per heavy atom. The first-order valence-corrected chi connectivity index (χ1v) is 14.3. The van der Waals surface area contributed by atoms with Gasteiger partial charge in [0.1, 0.15) is 22.8 Å². The number of oxime groups is 1. The van der Waals surface area contributed by atoms with Crippen molar-refractivity contribution in [1.82, 2.24) is 15.2 Å². The average molecular weight is 560 g/mol. The summed E-state index contributed by atoms with van der Waals surface area (Å²) in [7, 11) is 0. The molecule has 1 aromatic rings. The van der Waals surface area contributed by atoms with Gasteiger partial charge in [0, 0.05) is 36.5 Å². The second-order valence-electron chi connectivity index (χ2n) is 7.41. The highest BCUT2D eigenvalue weighted by atomic mass is 32.2. The Balaban J connectivity index is 1.54. The molecule has 2 unspecified atom stereocenters. The third-order valence-electron chi connectivity index (χ3n) is 5.07. The number of amides is 2. The fraction of sp³-hybridized carbons (Fsp3) is 0.474. The highest BCUT2D eigenvalue weighted by molar-refractivity contribution is 8.20. The third kappa shape index (κ3) is 5.24. The average Bonchev–Trinajstić information content (AvgIpc) is 3.48. The molecular formula is C19H21N5O7S4. The first kappa shape index (κ1) is 25.7. The van der Waals surface area contributed by atoms with Crippen molar-refractivity contribution in [2.75, 3.05) is 23.0 Å². The Kier molecular flexibility index (Phi) is 7.83. The number of aromatic nitrogens is 1. The van der Waals surface area contributed by atoms with Gasteiger partial charge in [0.05, 0.1) is 4.58 Å². The van der Waals surface area contributed by atoms with Gasteiger partial charge in [0.25, 0.3) is 11.8 Å². The number of anilines is 1. The molecule has 3 atom stereocenters. The van der Waals surface area contributed by atoms with Crippen LogP contribution in [0.1, 0.15) is 19.5 Å². The van der Waals surface area contributed by atoms with Gasteiger partial charge >= 0.3 is 11.9 Å². The number of hydrogen-bond donors (Lipinski definition) is 3. The minimum atomic E-state index is -1.13. The van der Waals surface area contributed by atoms with E-state index in [1.165, 1.54) is 35.9 Å². The Morgan fingerprint density at radius 3 is 2.60 bits per heavy atom. The number of rotatable bonds is 7. The summed E-state index contributed by atoms with van der Waals surface area (Å²) in [5.41, 5.74) is 6.15. The second kappa shape index (κ2) is 10.7. The normalized spacial score (nSPS) is 23.4. The van der Waals surface area contributed by atoms with Crippen LogP contribution in [0.4, 0.5) is 5.13 Å². The summed E-state index contributed by atoms with van der Waals surface area (Å²) in [4.78, 5) is 55.4. The maximum atomic E-state index is 13.1. The molecule has 0 aromatic carbocycles. The lowest BCUT2D eigenvalue weighted by molar-refractivity contribution is -0.182. The number of fused-ring (bicyclic) bond motifs is 1. The molecule has 0 radical (unpaired) electrons. The minimum Gasteiger partial charge on any atom is -0.426 e. The molecule has 16 heteroatoms. The molecule has 0 spiro atoms. The Bertz CT molecular complexity index is 1120. The number of carbonyl (C=O) groups is 4. The topological polar surface area (TPSA) is 174 Å². The van der Waals surface area contributed by atoms with Crippen LogP contribution in [-0.4, -0.2) is 84.1 Å². The summed E-state index contributed by atoms with van der Waals surface area (Å²) >= 11 is 5.83. The summed E-state index contributed by atoms with van der Waals surface area (Å²) in [5, 5.41) is 16.0. The zero-order valence-corrected chi connectivity index (χ0v) is 21.7. The van der Waals surface area contributed by atoms with Gasteiger partial charge in [0.2, 0.25) is 6.29 Å². The van der Waals surface area contributed by atoms with Crippen molar-refractivity contribution in [2.24, 2.45) is 5.16 Å². The zero-order valence-electron chi connectivity index (χ0n) is 18.5. The number of carbonyl (C=O) groups excluding carboxylic acids is 4. The fourth-order valence-corrected chi connectivity index (χ4v) is 8.76. The summed E-state index contributed by atoms with van der Waals surface area (Å²) in [5.74, 6) is -0.428. The van der Waals surface area contributed by atoms with Crippen LogP contribution in [0.3, 0.4) is 0 Å². The summed E-state index contributed by atoms with van der Waals surface area (Å²) in [6.07, 6.45) is -1.13. The number of nitrogens with two attached hydrogens (primary N) is 1. The van der Waals surface area contributed by atoms with E-state index < -0.39 is 41.5 Å². The van der Waals surface area contributed by atoms with Crippen LogP contribution in [-0.2, 0) is 28.7 Å². The maximum absolute atomic E-state index is 13.1. The third-order valence-corrected chi connectivity index (χ3v) is 10.2. The number of β-lactam (4-membered cyclic amide) rings is 1. The number of nitrogens with zero attached hydrogens (tertiary/aromatic N) is 3. The Hall–Kier alpha value is -2.43. The molecule has 0 saturated carbocycles. The van der Waals surface area contributed by atoms with Crippen molar-refractivity contribution in [3.8, 4) is 0 Å². The van der Waals surface area contributed by atoms with Gasteiger partial charge < -0.3 is 25.7 Å². The van der Waals surface area contributed by atoms with E-state index in [1.54, 1.807) is 23.5 Å². The molecule has 2 amide bonds. The Morgan fingerprint density at radius 2 is 2.00 bits per heavy atom. The first-order valence-electron chi connectivity index (χ1n) is 10.2. The van der Waals surface area contributed by atoms with Crippen molar-refractivity contribution < 1.29 is 33.9 Å². The molecule has 3 aliphatic rings. The highest BCUT2D eigenvalue weighted by Gasteiger charge is 2.55. The monoisotopic (exact) mass is 559 g/mol. The molecule has 0 bridgehead atoms. The molecule has 4 rings (SSSR count). The van der Waals surface area contributed by atoms with Gasteiger partial charge in [-0.25, -0.2) is 9.78 Å². The van der Waals surface area contributed by atoms with Gasteiger partial charge in [-0.3, -0.25) is 19.3 Å². The molecule has 2 fully saturated rings. The van der Waals surface area contributed by atoms with Crippen LogP contribution in [0.5, 0.6) is 0 Å². The molecule has 12 nitrogen and oxygen atoms in total. The molecular weight excluding hydrogens is 539 g/mol. The largest absolute Gasteiger partial charge is 0.426 e. The van der Waals surface area contributed by atoms with Crippen LogP contribution < -0.4 is 11.1 Å². The lowest BCUT2D eigenvalue weighted by Crippen LogP contribution is -2.71. The van der Waals surface area contributed by atoms with Crippen LogP contribution in [0.25, 0.3) is 0 Å². The quantitative estimate of drug-likeness (QED) is 0.107. The minimum absolute atomic E-state index is 0.0141. The highest BCUT2D eigenvalue weighted by Crippen LogP contribution is 2.47. The van der Waals surface area contributed by atoms with Gasteiger partial charge in [-0.2, -0.15) is 0 Å². The molecule has 0 aliphatic carbocycles. The lowest BCUT2D eigenvalue weighted by atomic mass is 10.0. The van der Waals surface area contributed by atoms with Gasteiger partial charge in [0.15, 0.2) is 10.8 Å². The smallest absolute Gasteiger partial charge is 0.358 e. The standard InChI is InChI=1S/C19H21N5O7S4/c1-7(25)30-8(2)31-17(28)13-9(18-32-3-4-33-18)5-34-16-12(15(27)24(13)16)22-14(26)11(23-29)10-6-35-19(20)21-10/h6,8,12,16,18,29H,3-5H2,1-2H3,(H2,20,21)(H,22,26)/b23-11-/t8?,12?,16-/m1/s1. The van der Waals surface area contributed by atoms with Crippen LogP contribution in [0.2, 0.25) is 0 Å². The molecule has 3 aliphatic heterocycles. The second-order valence-corrected chi connectivity index (χ2v) is 12.1. The van der Waals surface area contributed by atoms with E-state index in [0.717, 1.165) is 28.4 Å². The van der Waals surface area contributed by atoms with Crippen LogP contribution >= 0.6 is 46.6 Å². The predicted octanol–water partition coefficient (Wildman–Crippen LogP) is 0.816. The van der Waals surface area contributed by atoms with E-state index >= 15 is 0 Å². The van der Waals surface area contributed by atoms with Crippen molar-refractivity contribution in [1.29, 1.82) is 0 Å². The molecule has 4 heterocycles. The van der Waals surface area contributed by atoms with Crippen LogP contribution in [0, 0.1) is 0 Å². The zero-order chi connectivity index (χ0) is 25.3. The SMILES string of the molecule is CC(=O)OC(C)OC(=O)C1=C(C2SCCS2)CS[C@@H]2C(NC(=O)/C(=N\O)c3csc(N)n3)C(=O)N12. The van der Waals surface area contributed by atoms with E-state index in [-0.39, 0.29) is 26.8 Å². The molecule has 1 aromatic heterocycles. The molecule has 35 heavy (non-hydrogen) atoms. The van der Waals surface area contributed by atoms with Crippen molar-refractivity contribution in [3.63, 3.8) is 0 Å². The number of esters is 2. The maximum Gasteiger partial charge on any atom is 0.358 e. The fourth-order valence-electron chi connectivity index (χ4n) is 3.66. The van der Waals surface area contributed by atoms with Crippen LogP contribution in [0.15, 0.2) is 21.8 Å². The van der Waals surface area contributed by atoms with E-state index in [4.69, 9.17) is 15.2 Å². The number of ether oxygens (including phenoxy) is 2. The van der Waals surface area contributed by atoms with Crippen molar-refractivity contribution >= 4 is 81.2 Å². The summed E-state index contributed by atoms with van der Waals surface area (Å²) in [6.45, 7) is 2.61. The Labute approximate surface area is 216 Å². The number of hydrogen-bond acceptors (Lipinski definition) is 14. The van der Waals surface area contributed by atoms with Gasteiger partial charge in [-0.15, -0.1) is 46.6 Å². The van der Waals surface area contributed by atoms with Gasteiger partial charge in [-0.1, -0.05) is 5.16 Å². The van der Waals surface area contributed by atoms with Crippen molar-refractivity contribution in [2.45, 2.75) is 36.1 Å². The number of thioether (sulfide) groups is 3. The number of nitrogens with one attached hydrogen (secondary N) is 1. The van der Waals surface area contributed by atoms with E-state index in [2.05, 4.69) is 15.5 Å². The van der Waals surface area contributed by atoms with E-state index in [0.29, 0.717) is 5.75 Å². The van der Waals surface area contributed by atoms with E-state index in [1.807, 2.05) is 0 Å².